The number of nitrogens with zero attached hydrogens (tertiary/aromatic N) is 2. The van der Waals surface area contributed by atoms with Crippen molar-refractivity contribution in [1.82, 2.24) is 15.5 Å². The standard InChI is InChI=1S/C22H36N4O2.HI/c1-4-23-22(25-18-12-14-26(16-18)19-7-5-6-8-19)24-13-11-17-9-10-20(27-2)21(15-17)28-3;/h9-10,15,18-19H,4-8,11-14,16H2,1-3H3,(H2,23,24,25);1H. The molecule has 1 heterocycles. The molecule has 0 amide bonds. The molecule has 0 bridgehead atoms. The molecule has 1 saturated heterocycles. The van der Waals surface area contributed by atoms with E-state index in [0.29, 0.717) is 6.04 Å². The molecule has 0 spiro atoms. The fourth-order valence-corrected chi connectivity index (χ4v) is 4.35. The molecule has 29 heavy (non-hydrogen) atoms. The Balaban J connectivity index is 0.00000300. The first kappa shape index (κ1) is 24.1. The number of aliphatic imine (C=N–C) groups is 1. The molecular weight excluding hydrogens is 479 g/mol. The monoisotopic (exact) mass is 516 g/mol. The third-order valence-electron chi connectivity index (χ3n) is 5.86. The normalized spacial score (nSPS) is 20.4. The van der Waals surface area contributed by atoms with Gasteiger partial charge in [0.1, 0.15) is 0 Å². The van der Waals surface area contributed by atoms with Crippen LogP contribution < -0.4 is 20.1 Å². The van der Waals surface area contributed by atoms with Gasteiger partial charge in [-0.1, -0.05) is 18.9 Å². The maximum Gasteiger partial charge on any atom is 0.191 e. The van der Waals surface area contributed by atoms with Crippen molar-refractivity contribution in [3.05, 3.63) is 23.8 Å². The van der Waals surface area contributed by atoms with Crippen LogP contribution in [0.1, 0.15) is 44.6 Å². The fraction of sp³-hybridized carbons (Fsp3) is 0.682. The van der Waals surface area contributed by atoms with Gasteiger partial charge in [-0.05, 0) is 50.3 Å². The van der Waals surface area contributed by atoms with E-state index in [9.17, 15) is 0 Å². The minimum absolute atomic E-state index is 0. The summed E-state index contributed by atoms with van der Waals surface area (Å²) in [6.45, 7) is 6.09. The van der Waals surface area contributed by atoms with E-state index in [1.807, 2.05) is 12.1 Å². The Hall–Kier alpha value is -1.22. The van der Waals surface area contributed by atoms with Gasteiger partial charge in [-0.3, -0.25) is 9.89 Å². The summed E-state index contributed by atoms with van der Waals surface area (Å²) >= 11 is 0. The zero-order chi connectivity index (χ0) is 19.8. The van der Waals surface area contributed by atoms with Gasteiger partial charge < -0.3 is 20.1 Å². The minimum atomic E-state index is 0. The first-order valence-electron chi connectivity index (χ1n) is 10.7. The molecule has 1 aromatic rings. The molecule has 2 aliphatic rings. The molecule has 2 fully saturated rings. The lowest BCUT2D eigenvalue weighted by molar-refractivity contribution is 0.242. The van der Waals surface area contributed by atoms with Crippen molar-refractivity contribution in [3.63, 3.8) is 0 Å². The van der Waals surface area contributed by atoms with E-state index in [4.69, 9.17) is 14.5 Å². The highest BCUT2D eigenvalue weighted by molar-refractivity contribution is 14.0. The van der Waals surface area contributed by atoms with Crippen molar-refractivity contribution in [2.75, 3.05) is 40.4 Å². The van der Waals surface area contributed by atoms with Crippen LogP contribution in [0.25, 0.3) is 0 Å². The molecule has 7 heteroatoms. The second-order valence-corrected chi connectivity index (χ2v) is 7.76. The highest BCUT2D eigenvalue weighted by atomic mass is 127. The Bertz CT molecular complexity index is 650. The molecule has 3 rings (SSSR count). The number of likely N-dealkylation sites (tertiary alicyclic amines) is 1. The molecular formula is C22H37IN4O2. The van der Waals surface area contributed by atoms with E-state index in [1.54, 1.807) is 14.2 Å². The zero-order valence-electron chi connectivity index (χ0n) is 18.1. The van der Waals surface area contributed by atoms with Gasteiger partial charge >= 0.3 is 0 Å². The first-order chi connectivity index (χ1) is 13.7. The molecule has 2 N–H and O–H groups in total. The van der Waals surface area contributed by atoms with Crippen LogP contribution in [0.3, 0.4) is 0 Å². The molecule has 1 aliphatic heterocycles. The first-order valence-corrected chi connectivity index (χ1v) is 10.7. The van der Waals surface area contributed by atoms with Crippen LogP contribution in [0, 0.1) is 0 Å². The molecule has 1 saturated carbocycles. The molecule has 1 atom stereocenters. The summed E-state index contributed by atoms with van der Waals surface area (Å²) in [6.07, 6.45) is 7.64. The smallest absolute Gasteiger partial charge is 0.191 e. The van der Waals surface area contributed by atoms with E-state index in [0.717, 1.165) is 49.6 Å². The van der Waals surface area contributed by atoms with Gasteiger partial charge in [-0.15, -0.1) is 24.0 Å². The van der Waals surface area contributed by atoms with Crippen molar-refractivity contribution in [2.45, 2.75) is 57.5 Å². The fourth-order valence-electron chi connectivity index (χ4n) is 4.35. The minimum Gasteiger partial charge on any atom is -0.493 e. The molecule has 0 aromatic heterocycles. The van der Waals surface area contributed by atoms with E-state index in [2.05, 4.69) is 28.5 Å². The predicted octanol–water partition coefficient (Wildman–Crippen LogP) is 3.44. The van der Waals surface area contributed by atoms with Crippen molar-refractivity contribution in [3.8, 4) is 11.5 Å². The summed E-state index contributed by atoms with van der Waals surface area (Å²) in [5.74, 6) is 2.46. The number of nitrogens with one attached hydrogen (secondary N) is 2. The maximum atomic E-state index is 5.39. The Morgan fingerprint density at radius 3 is 2.59 bits per heavy atom. The van der Waals surface area contributed by atoms with Crippen molar-refractivity contribution >= 4 is 29.9 Å². The van der Waals surface area contributed by atoms with E-state index in [-0.39, 0.29) is 24.0 Å². The summed E-state index contributed by atoms with van der Waals surface area (Å²) in [7, 11) is 3.33. The van der Waals surface area contributed by atoms with Crippen molar-refractivity contribution in [1.29, 1.82) is 0 Å². The highest BCUT2D eigenvalue weighted by Gasteiger charge is 2.30. The number of halogens is 1. The van der Waals surface area contributed by atoms with Crippen LogP contribution in [-0.2, 0) is 6.42 Å². The number of ether oxygens (including phenoxy) is 2. The third-order valence-corrected chi connectivity index (χ3v) is 5.86. The number of benzene rings is 1. The zero-order valence-corrected chi connectivity index (χ0v) is 20.4. The van der Waals surface area contributed by atoms with Gasteiger partial charge in [-0.25, -0.2) is 0 Å². The van der Waals surface area contributed by atoms with Crippen LogP contribution in [0.5, 0.6) is 11.5 Å². The van der Waals surface area contributed by atoms with E-state index >= 15 is 0 Å². The van der Waals surface area contributed by atoms with Gasteiger partial charge in [0, 0.05) is 38.3 Å². The third kappa shape index (κ3) is 6.91. The van der Waals surface area contributed by atoms with Crippen LogP contribution in [-0.4, -0.2) is 63.3 Å². The Morgan fingerprint density at radius 1 is 1.14 bits per heavy atom. The Labute approximate surface area is 192 Å². The summed E-state index contributed by atoms with van der Waals surface area (Å²) in [4.78, 5) is 7.48. The van der Waals surface area contributed by atoms with Gasteiger partial charge in [0.25, 0.3) is 0 Å². The van der Waals surface area contributed by atoms with Crippen molar-refractivity contribution < 1.29 is 9.47 Å². The van der Waals surface area contributed by atoms with Gasteiger partial charge in [-0.2, -0.15) is 0 Å². The molecule has 164 valence electrons. The van der Waals surface area contributed by atoms with Gasteiger partial charge in [0.15, 0.2) is 17.5 Å². The van der Waals surface area contributed by atoms with Gasteiger partial charge in [0.05, 0.1) is 14.2 Å². The number of hydrogen-bond donors (Lipinski definition) is 2. The lowest BCUT2D eigenvalue weighted by Crippen LogP contribution is -2.45. The molecule has 1 unspecified atom stereocenters. The van der Waals surface area contributed by atoms with Gasteiger partial charge in [0.2, 0.25) is 0 Å². The summed E-state index contributed by atoms with van der Waals surface area (Å²) < 4.78 is 10.7. The maximum absolute atomic E-state index is 5.39. The van der Waals surface area contributed by atoms with Crippen LogP contribution in [0.15, 0.2) is 23.2 Å². The molecule has 1 aliphatic carbocycles. The van der Waals surface area contributed by atoms with Crippen molar-refractivity contribution in [2.24, 2.45) is 4.99 Å². The Morgan fingerprint density at radius 2 is 1.90 bits per heavy atom. The number of hydrogen-bond acceptors (Lipinski definition) is 4. The number of rotatable bonds is 8. The predicted molar refractivity (Wildman–Crippen MR) is 130 cm³/mol. The second-order valence-electron chi connectivity index (χ2n) is 7.76. The van der Waals surface area contributed by atoms with E-state index in [1.165, 1.54) is 44.2 Å². The molecule has 6 nitrogen and oxygen atoms in total. The lowest BCUT2D eigenvalue weighted by Gasteiger charge is -2.24. The number of methoxy groups -OCH3 is 2. The average Bonchev–Trinajstić information content (AvgIpc) is 3.39. The summed E-state index contributed by atoms with van der Waals surface area (Å²) in [5.41, 5.74) is 1.20. The van der Waals surface area contributed by atoms with Crippen LogP contribution in [0.4, 0.5) is 0 Å². The lowest BCUT2D eigenvalue weighted by atomic mass is 10.1. The largest absolute Gasteiger partial charge is 0.493 e. The SMILES string of the molecule is CCNC(=NCCc1ccc(OC)c(OC)c1)NC1CCN(C2CCCC2)C1.I. The number of guanidine groups is 1. The van der Waals surface area contributed by atoms with Crippen LogP contribution >= 0.6 is 24.0 Å². The highest BCUT2D eigenvalue weighted by Crippen LogP contribution is 2.28. The second kappa shape index (κ2) is 12.5. The average molecular weight is 516 g/mol. The molecule has 1 aromatic carbocycles. The molecule has 0 radical (unpaired) electrons. The topological polar surface area (TPSA) is 58.1 Å². The summed E-state index contributed by atoms with van der Waals surface area (Å²) in [5, 5.41) is 7.05. The summed E-state index contributed by atoms with van der Waals surface area (Å²) in [6, 6.07) is 7.38. The van der Waals surface area contributed by atoms with E-state index < -0.39 is 0 Å². The Kier molecular flexibility index (Phi) is 10.3. The van der Waals surface area contributed by atoms with Crippen LogP contribution in [0.2, 0.25) is 0 Å². The quantitative estimate of drug-likeness (QED) is 0.315.